The molecule has 2 nitrogen and oxygen atoms in total. The van der Waals surface area contributed by atoms with Crippen LogP contribution < -0.4 is 4.74 Å². The zero-order valence-electron chi connectivity index (χ0n) is 7.50. The smallest absolute Gasteiger partial charge is 0.140 e. The van der Waals surface area contributed by atoms with Crippen molar-refractivity contribution in [3.8, 4) is 5.75 Å². The van der Waals surface area contributed by atoms with Crippen molar-refractivity contribution in [2.24, 2.45) is 0 Å². The van der Waals surface area contributed by atoms with Crippen molar-refractivity contribution in [3.05, 3.63) is 23.5 Å². The Hall–Kier alpha value is -1.05. The number of hydrogen-bond acceptors (Lipinski definition) is 2. The first-order valence-electron chi connectivity index (χ1n) is 4.32. The molecule has 1 aromatic heterocycles. The molecule has 0 saturated heterocycles. The molecule has 0 N–H and O–H groups in total. The molecular weight excluding hydrogens is 150 g/mol. The number of aryl methyl sites for hydroxylation is 1. The van der Waals surface area contributed by atoms with Gasteiger partial charge in [-0.25, -0.2) is 0 Å². The Bertz CT molecular complexity index is 292. The van der Waals surface area contributed by atoms with Gasteiger partial charge in [0.05, 0.1) is 12.8 Å². The molecule has 2 heteroatoms. The third-order valence-electron chi connectivity index (χ3n) is 2.33. The zero-order chi connectivity index (χ0) is 8.55. The molecule has 0 aromatic carbocycles. The average Bonchev–Trinajstić information content (AvgIpc) is 2.88. The van der Waals surface area contributed by atoms with Crippen LogP contribution in [0.3, 0.4) is 0 Å². The molecule has 1 heterocycles. The van der Waals surface area contributed by atoms with Gasteiger partial charge in [-0.2, -0.15) is 0 Å². The summed E-state index contributed by atoms with van der Waals surface area (Å²) < 4.78 is 5.20. The minimum absolute atomic E-state index is 0.756. The van der Waals surface area contributed by atoms with Crippen molar-refractivity contribution in [2.45, 2.75) is 25.7 Å². The first-order chi connectivity index (χ1) is 5.81. The minimum Gasteiger partial charge on any atom is -0.495 e. The van der Waals surface area contributed by atoms with E-state index < -0.39 is 0 Å². The lowest BCUT2D eigenvalue weighted by Gasteiger charge is -2.05. The topological polar surface area (TPSA) is 22.1 Å². The van der Waals surface area contributed by atoms with E-state index in [1.165, 1.54) is 18.4 Å². The Morgan fingerprint density at radius 2 is 2.25 bits per heavy atom. The summed E-state index contributed by atoms with van der Waals surface area (Å²) in [5.41, 5.74) is 2.30. The Morgan fingerprint density at radius 3 is 2.83 bits per heavy atom. The highest BCUT2D eigenvalue weighted by Crippen LogP contribution is 2.40. The fourth-order valence-corrected chi connectivity index (χ4v) is 1.37. The molecule has 0 aliphatic heterocycles. The van der Waals surface area contributed by atoms with E-state index in [9.17, 15) is 0 Å². The molecule has 1 saturated carbocycles. The van der Waals surface area contributed by atoms with E-state index in [0.717, 1.165) is 17.4 Å². The second kappa shape index (κ2) is 2.77. The summed E-state index contributed by atoms with van der Waals surface area (Å²) >= 11 is 0. The van der Waals surface area contributed by atoms with Gasteiger partial charge in [-0.15, -0.1) is 0 Å². The van der Waals surface area contributed by atoms with Gasteiger partial charge >= 0.3 is 0 Å². The summed E-state index contributed by atoms with van der Waals surface area (Å²) in [6.45, 7) is 1.97. The summed E-state index contributed by atoms with van der Waals surface area (Å²) in [7, 11) is 1.70. The van der Waals surface area contributed by atoms with Crippen LogP contribution in [0, 0.1) is 6.92 Å². The van der Waals surface area contributed by atoms with Crippen LogP contribution >= 0.6 is 0 Å². The molecule has 0 atom stereocenters. The summed E-state index contributed by atoms with van der Waals surface area (Å²) in [5.74, 6) is 1.67. The summed E-state index contributed by atoms with van der Waals surface area (Å²) in [4.78, 5) is 4.29. The van der Waals surface area contributed by atoms with Crippen molar-refractivity contribution in [1.29, 1.82) is 0 Å². The summed E-state index contributed by atoms with van der Waals surface area (Å²) in [6.07, 6.45) is 4.59. The molecule has 64 valence electrons. The van der Waals surface area contributed by atoms with Gasteiger partial charge in [-0.1, -0.05) is 0 Å². The lowest BCUT2D eigenvalue weighted by molar-refractivity contribution is 0.408. The van der Waals surface area contributed by atoms with Crippen molar-refractivity contribution < 1.29 is 4.74 Å². The van der Waals surface area contributed by atoms with Gasteiger partial charge < -0.3 is 4.74 Å². The van der Waals surface area contributed by atoms with Gasteiger partial charge in [0.25, 0.3) is 0 Å². The Balaban J connectivity index is 2.33. The van der Waals surface area contributed by atoms with E-state index in [1.54, 1.807) is 7.11 Å². The standard InChI is InChI=1S/C10H13NO/c1-7-10(12-2)5-9(6-11-7)8-3-4-8/h5-6,8H,3-4H2,1-2H3. The van der Waals surface area contributed by atoms with Gasteiger partial charge in [0, 0.05) is 6.20 Å². The number of nitrogens with zero attached hydrogens (tertiary/aromatic N) is 1. The fourth-order valence-electron chi connectivity index (χ4n) is 1.37. The summed E-state index contributed by atoms with van der Waals surface area (Å²) in [5, 5.41) is 0. The van der Waals surface area contributed by atoms with Crippen LogP contribution in [0.1, 0.15) is 30.0 Å². The minimum atomic E-state index is 0.756. The maximum absolute atomic E-state index is 5.20. The molecule has 1 aliphatic rings. The molecule has 1 fully saturated rings. The second-order valence-corrected chi connectivity index (χ2v) is 3.33. The Kier molecular flexibility index (Phi) is 1.75. The van der Waals surface area contributed by atoms with Crippen LogP contribution in [0.15, 0.2) is 12.3 Å². The van der Waals surface area contributed by atoms with Gasteiger partial charge in [-0.3, -0.25) is 4.98 Å². The van der Waals surface area contributed by atoms with E-state index in [0.29, 0.717) is 0 Å². The largest absolute Gasteiger partial charge is 0.495 e. The highest BCUT2D eigenvalue weighted by atomic mass is 16.5. The predicted molar refractivity (Wildman–Crippen MR) is 47.5 cm³/mol. The Morgan fingerprint density at radius 1 is 1.50 bits per heavy atom. The van der Waals surface area contributed by atoms with E-state index in [-0.39, 0.29) is 0 Å². The molecule has 0 bridgehead atoms. The number of rotatable bonds is 2. The van der Waals surface area contributed by atoms with Gasteiger partial charge in [0.2, 0.25) is 0 Å². The van der Waals surface area contributed by atoms with E-state index >= 15 is 0 Å². The number of methoxy groups -OCH3 is 1. The number of hydrogen-bond donors (Lipinski definition) is 0. The maximum atomic E-state index is 5.20. The monoisotopic (exact) mass is 163 g/mol. The SMILES string of the molecule is COc1cc(C2CC2)cnc1C. The Labute approximate surface area is 72.6 Å². The van der Waals surface area contributed by atoms with Gasteiger partial charge in [0.1, 0.15) is 5.75 Å². The number of aromatic nitrogens is 1. The molecule has 0 amide bonds. The van der Waals surface area contributed by atoms with Crippen LogP contribution in [0.4, 0.5) is 0 Å². The molecule has 2 rings (SSSR count). The quantitative estimate of drug-likeness (QED) is 0.667. The van der Waals surface area contributed by atoms with Gasteiger partial charge in [0.15, 0.2) is 0 Å². The average molecular weight is 163 g/mol. The fraction of sp³-hybridized carbons (Fsp3) is 0.500. The maximum Gasteiger partial charge on any atom is 0.140 e. The van der Waals surface area contributed by atoms with E-state index in [4.69, 9.17) is 4.74 Å². The highest BCUT2D eigenvalue weighted by molar-refractivity contribution is 5.33. The molecule has 1 aliphatic carbocycles. The van der Waals surface area contributed by atoms with E-state index in [2.05, 4.69) is 11.1 Å². The number of ether oxygens (including phenoxy) is 1. The molecule has 1 aromatic rings. The molecule has 0 unspecified atom stereocenters. The molecule has 0 radical (unpaired) electrons. The van der Waals surface area contributed by atoms with Crippen LogP contribution in [-0.4, -0.2) is 12.1 Å². The van der Waals surface area contributed by atoms with Crippen molar-refractivity contribution in [1.82, 2.24) is 4.98 Å². The molecular formula is C10H13NO. The second-order valence-electron chi connectivity index (χ2n) is 3.33. The highest BCUT2D eigenvalue weighted by Gasteiger charge is 2.24. The van der Waals surface area contributed by atoms with Crippen molar-refractivity contribution >= 4 is 0 Å². The first kappa shape index (κ1) is 7.59. The lowest BCUT2D eigenvalue weighted by atomic mass is 10.2. The van der Waals surface area contributed by atoms with E-state index in [1.807, 2.05) is 13.1 Å². The van der Waals surface area contributed by atoms with Crippen LogP contribution in [0.25, 0.3) is 0 Å². The van der Waals surface area contributed by atoms with Crippen LogP contribution in [0.5, 0.6) is 5.75 Å². The lowest BCUT2D eigenvalue weighted by Crippen LogP contribution is -1.92. The van der Waals surface area contributed by atoms with Crippen molar-refractivity contribution in [3.63, 3.8) is 0 Å². The summed E-state index contributed by atoms with van der Waals surface area (Å²) in [6, 6.07) is 2.11. The third kappa shape index (κ3) is 1.29. The van der Waals surface area contributed by atoms with Crippen molar-refractivity contribution in [2.75, 3.05) is 7.11 Å². The number of pyridine rings is 1. The predicted octanol–water partition coefficient (Wildman–Crippen LogP) is 2.28. The first-order valence-corrected chi connectivity index (χ1v) is 4.32. The third-order valence-corrected chi connectivity index (χ3v) is 2.33. The molecule has 0 spiro atoms. The van der Waals surface area contributed by atoms with Crippen LogP contribution in [0.2, 0.25) is 0 Å². The van der Waals surface area contributed by atoms with Crippen LogP contribution in [-0.2, 0) is 0 Å². The molecule has 12 heavy (non-hydrogen) atoms. The zero-order valence-corrected chi connectivity index (χ0v) is 7.50. The normalized spacial score (nSPS) is 16.2. The van der Waals surface area contributed by atoms with Gasteiger partial charge in [-0.05, 0) is 37.3 Å².